The van der Waals surface area contributed by atoms with Crippen LogP contribution in [0.5, 0.6) is 0 Å². The molecule has 5 heteroatoms. The second-order valence-electron chi connectivity index (χ2n) is 5.42. The number of rotatable bonds is 4. The van der Waals surface area contributed by atoms with Gasteiger partial charge in [0, 0.05) is 11.3 Å². The number of fused-ring (bicyclic) bond motifs is 1. The fourth-order valence-corrected chi connectivity index (χ4v) is 2.14. The predicted octanol–water partition coefficient (Wildman–Crippen LogP) is 2.71. The molecule has 0 bridgehead atoms. The number of benzene rings is 1. The van der Waals surface area contributed by atoms with Gasteiger partial charge in [0.15, 0.2) is 0 Å². The fraction of sp³-hybridized carbons (Fsp3) is 0.375. The van der Waals surface area contributed by atoms with Crippen molar-refractivity contribution < 1.29 is 19.1 Å². The van der Waals surface area contributed by atoms with Crippen molar-refractivity contribution in [2.24, 2.45) is 0 Å². The SMILES string of the molecule is CC(C)OC1=C(OC(C)C)C(=O)c2c(N)cccc2C1=O. The van der Waals surface area contributed by atoms with Gasteiger partial charge < -0.3 is 15.2 Å². The van der Waals surface area contributed by atoms with Crippen molar-refractivity contribution in [3.05, 3.63) is 40.8 Å². The minimum absolute atomic E-state index is 0.0400. The van der Waals surface area contributed by atoms with E-state index in [-0.39, 0.29) is 46.3 Å². The Bertz CT molecular complexity index is 629. The van der Waals surface area contributed by atoms with E-state index in [0.717, 1.165) is 0 Å². The summed E-state index contributed by atoms with van der Waals surface area (Å²) in [6.45, 7) is 7.13. The third-order valence-corrected chi connectivity index (χ3v) is 2.89. The Labute approximate surface area is 123 Å². The Kier molecular flexibility index (Phi) is 4.02. The summed E-state index contributed by atoms with van der Waals surface area (Å²) in [5.74, 6) is -0.885. The quantitative estimate of drug-likeness (QED) is 0.862. The summed E-state index contributed by atoms with van der Waals surface area (Å²) in [5.41, 5.74) is 6.55. The van der Waals surface area contributed by atoms with Gasteiger partial charge in [-0.05, 0) is 33.8 Å². The Hall–Kier alpha value is -2.30. The molecule has 0 aliphatic heterocycles. The first kappa shape index (κ1) is 15.1. The van der Waals surface area contributed by atoms with E-state index in [1.165, 1.54) is 0 Å². The molecule has 5 nitrogen and oxygen atoms in total. The van der Waals surface area contributed by atoms with Gasteiger partial charge in [0.2, 0.25) is 23.1 Å². The van der Waals surface area contributed by atoms with Crippen LogP contribution in [0, 0.1) is 0 Å². The van der Waals surface area contributed by atoms with Crippen LogP contribution in [0.1, 0.15) is 48.4 Å². The number of nitrogen functional groups attached to an aromatic ring is 1. The van der Waals surface area contributed by atoms with Crippen LogP contribution in [0.2, 0.25) is 0 Å². The third-order valence-electron chi connectivity index (χ3n) is 2.89. The molecule has 0 spiro atoms. The van der Waals surface area contributed by atoms with E-state index in [4.69, 9.17) is 15.2 Å². The fourth-order valence-electron chi connectivity index (χ4n) is 2.14. The number of nitrogens with two attached hydrogens (primary N) is 1. The van der Waals surface area contributed by atoms with Crippen LogP contribution in [0.4, 0.5) is 5.69 Å². The number of Topliss-reactive ketones (excluding diaryl/α,β-unsaturated/α-hetero) is 2. The molecule has 0 atom stereocenters. The monoisotopic (exact) mass is 289 g/mol. The number of carbonyl (C=O) groups excluding carboxylic acids is 2. The van der Waals surface area contributed by atoms with Gasteiger partial charge in [-0.15, -0.1) is 0 Å². The van der Waals surface area contributed by atoms with Crippen molar-refractivity contribution in [3.8, 4) is 0 Å². The lowest BCUT2D eigenvalue weighted by atomic mass is 9.90. The molecule has 0 fully saturated rings. The zero-order valence-corrected chi connectivity index (χ0v) is 12.6. The maximum absolute atomic E-state index is 12.6. The molecule has 0 radical (unpaired) electrons. The Morgan fingerprint density at radius 3 is 1.95 bits per heavy atom. The van der Waals surface area contributed by atoms with Crippen LogP contribution in [-0.2, 0) is 9.47 Å². The minimum atomic E-state index is -0.410. The number of ketones is 2. The molecule has 1 aliphatic rings. The molecule has 2 N–H and O–H groups in total. The van der Waals surface area contributed by atoms with Gasteiger partial charge in [0.25, 0.3) is 0 Å². The first-order valence-electron chi connectivity index (χ1n) is 6.88. The van der Waals surface area contributed by atoms with E-state index < -0.39 is 5.78 Å². The van der Waals surface area contributed by atoms with Crippen LogP contribution >= 0.6 is 0 Å². The highest BCUT2D eigenvalue weighted by Crippen LogP contribution is 2.32. The lowest BCUT2D eigenvalue weighted by molar-refractivity contribution is 0.0594. The third kappa shape index (κ3) is 2.77. The molecule has 1 aliphatic carbocycles. The molecule has 0 saturated carbocycles. The van der Waals surface area contributed by atoms with Crippen molar-refractivity contribution in [2.75, 3.05) is 5.73 Å². The van der Waals surface area contributed by atoms with Crippen LogP contribution in [-0.4, -0.2) is 23.8 Å². The average molecular weight is 289 g/mol. The second-order valence-corrected chi connectivity index (χ2v) is 5.42. The van der Waals surface area contributed by atoms with E-state index in [2.05, 4.69) is 0 Å². The summed E-state index contributed by atoms with van der Waals surface area (Å²) >= 11 is 0. The van der Waals surface area contributed by atoms with Crippen molar-refractivity contribution in [1.82, 2.24) is 0 Å². The van der Waals surface area contributed by atoms with E-state index in [9.17, 15) is 9.59 Å². The topological polar surface area (TPSA) is 78.6 Å². The molecule has 112 valence electrons. The largest absolute Gasteiger partial charge is 0.483 e. The summed E-state index contributed by atoms with van der Waals surface area (Å²) in [6, 6.07) is 4.80. The van der Waals surface area contributed by atoms with Crippen molar-refractivity contribution >= 4 is 17.3 Å². The lowest BCUT2D eigenvalue weighted by Gasteiger charge is -2.24. The van der Waals surface area contributed by atoms with Gasteiger partial charge in [-0.1, -0.05) is 12.1 Å². The first-order valence-corrected chi connectivity index (χ1v) is 6.88. The normalized spacial score (nSPS) is 14.8. The van der Waals surface area contributed by atoms with Gasteiger partial charge in [-0.25, -0.2) is 0 Å². The minimum Gasteiger partial charge on any atom is -0.483 e. The Balaban J connectivity index is 2.61. The molecule has 0 heterocycles. The van der Waals surface area contributed by atoms with Crippen LogP contribution < -0.4 is 5.73 Å². The zero-order valence-electron chi connectivity index (χ0n) is 12.6. The Morgan fingerprint density at radius 2 is 1.43 bits per heavy atom. The highest BCUT2D eigenvalue weighted by Gasteiger charge is 2.37. The van der Waals surface area contributed by atoms with E-state index in [0.29, 0.717) is 0 Å². The maximum atomic E-state index is 12.6. The average Bonchev–Trinajstić information content (AvgIpc) is 2.39. The smallest absolute Gasteiger partial charge is 0.234 e. The summed E-state index contributed by atoms with van der Waals surface area (Å²) in [4.78, 5) is 25.2. The molecule has 2 rings (SSSR count). The highest BCUT2D eigenvalue weighted by molar-refractivity contribution is 6.27. The van der Waals surface area contributed by atoms with E-state index >= 15 is 0 Å². The predicted molar refractivity (Wildman–Crippen MR) is 79.0 cm³/mol. The Morgan fingerprint density at radius 1 is 0.905 bits per heavy atom. The van der Waals surface area contributed by atoms with Gasteiger partial charge in [-0.3, -0.25) is 9.59 Å². The highest BCUT2D eigenvalue weighted by atomic mass is 16.5. The number of ether oxygens (including phenoxy) is 2. The summed E-state index contributed by atoms with van der Waals surface area (Å²) in [7, 11) is 0. The molecule has 21 heavy (non-hydrogen) atoms. The van der Waals surface area contributed by atoms with Gasteiger partial charge in [0.05, 0.1) is 17.8 Å². The molecule has 1 aromatic carbocycles. The van der Waals surface area contributed by atoms with Crippen LogP contribution in [0.15, 0.2) is 29.7 Å². The number of allylic oxidation sites excluding steroid dienone is 2. The van der Waals surface area contributed by atoms with E-state index in [1.54, 1.807) is 45.9 Å². The number of carbonyl (C=O) groups is 2. The van der Waals surface area contributed by atoms with Crippen LogP contribution in [0.3, 0.4) is 0 Å². The number of hydrogen-bond acceptors (Lipinski definition) is 5. The van der Waals surface area contributed by atoms with Crippen molar-refractivity contribution in [2.45, 2.75) is 39.9 Å². The van der Waals surface area contributed by atoms with Gasteiger partial charge in [0.1, 0.15) is 0 Å². The van der Waals surface area contributed by atoms with Crippen LogP contribution in [0.25, 0.3) is 0 Å². The van der Waals surface area contributed by atoms with Crippen molar-refractivity contribution in [1.29, 1.82) is 0 Å². The second kappa shape index (κ2) is 5.60. The first-order chi connectivity index (χ1) is 9.82. The standard InChI is InChI=1S/C16H19NO4/c1-8(2)20-15-13(18)10-6-5-7-11(17)12(10)14(19)16(15)21-9(3)4/h5-9H,17H2,1-4H3. The molecule has 1 aromatic rings. The van der Waals surface area contributed by atoms with Gasteiger partial charge >= 0.3 is 0 Å². The number of hydrogen-bond donors (Lipinski definition) is 1. The molecule has 0 unspecified atom stereocenters. The molecule has 0 saturated heterocycles. The summed E-state index contributed by atoms with van der Waals surface area (Å²) in [6.07, 6.45) is -0.501. The maximum Gasteiger partial charge on any atom is 0.234 e. The summed E-state index contributed by atoms with van der Waals surface area (Å²) in [5, 5.41) is 0. The van der Waals surface area contributed by atoms with E-state index in [1.807, 2.05) is 0 Å². The lowest BCUT2D eigenvalue weighted by Crippen LogP contribution is -2.28. The molecule has 0 amide bonds. The van der Waals surface area contributed by atoms with Crippen molar-refractivity contribution in [3.63, 3.8) is 0 Å². The van der Waals surface area contributed by atoms with Gasteiger partial charge in [-0.2, -0.15) is 0 Å². The molecular formula is C16H19NO4. The molecular weight excluding hydrogens is 270 g/mol. The zero-order chi connectivity index (χ0) is 15.7. The molecule has 0 aromatic heterocycles. The summed E-state index contributed by atoms with van der Waals surface area (Å²) < 4.78 is 11.1. The number of anilines is 1.